The van der Waals surface area contributed by atoms with Crippen LogP contribution in [0.4, 0.5) is 0 Å². The van der Waals surface area contributed by atoms with Gasteiger partial charge in [-0.05, 0) is 59.8 Å². The van der Waals surface area contributed by atoms with Gasteiger partial charge in [-0.1, -0.05) is 39.8 Å². The molecule has 3 heteroatoms. The lowest BCUT2D eigenvalue weighted by atomic mass is 10.1. The quantitative estimate of drug-likeness (QED) is 0.715. The van der Waals surface area contributed by atoms with Gasteiger partial charge in [-0.3, -0.25) is 4.90 Å². The molecule has 0 heterocycles. The van der Waals surface area contributed by atoms with E-state index >= 15 is 0 Å². The molecule has 0 saturated heterocycles. The molecule has 0 aliphatic rings. The molecule has 2 nitrogen and oxygen atoms in total. The molecule has 0 radical (unpaired) electrons. The van der Waals surface area contributed by atoms with E-state index in [1.165, 1.54) is 12.8 Å². The van der Waals surface area contributed by atoms with Crippen molar-refractivity contribution >= 4 is 15.9 Å². The van der Waals surface area contributed by atoms with Gasteiger partial charge in [0.25, 0.3) is 0 Å². The van der Waals surface area contributed by atoms with E-state index in [1.807, 2.05) is 18.2 Å². The highest BCUT2D eigenvalue weighted by Gasteiger charge is 2.12. The second-order valence-electron chi connectivity index (χ2n) is 6.39. The minimum absolute atomic E-state index is 0.381. The predicted molar refractivity (Wildman–Crippen MR) is 90.0 cm³/mol. The molecule has 0 unspecified atom stereocenters. The van der Waals surface area contributed by atoms with Crippen LogP contribution in [0.3, 0.4) is 0 Å². The zero-order chi connectivity index (χ0) is 15.1. The highest BCUT2D eigenvalue weighted by Crippen LogP contribution is 2.28. The summed E-state index contributed by atoms with van der Waals surface area (Å²) >= 11 is 3.39. The van der Waals surface area contributed by atoms with E-state index in [-0.39, 0.29) is 0 Å². The van der Waals surface area contributed by atoms with Gasteiger partial charge >= 0.3 is 0 Å². The summed E-state index contributed by atoms with van der Waals surface area (Å²) in [7, 11) is 0. The van der Waals surface area contributed by atoms with Crippen molar-refractivity contribution in [2.75, 3.05) is 13.1 Å². The zero-order valence-electron chi connectivity index (χ0n) is 13.2. The summed E-state index contributed by atoms with van der Waals surface area (Å²) in [5, 5.41) is 10.1. The van der Waals surface area contributed by atoms with E-state index in [1.54, 1.807) is 0 Å². The van der Waals surface area contributed by atoms with Crippen LogP contribution in [0.5, 0.6) is 5.75 Å². The normalized spacial score (nSPS) is 11.8. The van der Waals surface area contributed by atoms with Crippen LogP contribution in [0.2, 0.25) is 0 Å². The molecule has 1 rings (SSSR count). The highest BCUT2D eigenvalue weighted by atomic mass is 79.9. The maximum Gasteiger partial charge on any atom is 0.134 e. The summed E-state index contributed by atoms with van der Waals surface area (Å²) < 4.78 is 0.780. The van der Waals surface area contributed by atoms with Gasteiger partial charge in [-0.25, -0.2) is 0 Å². The van der Waals surface area contributed by atoms with Crippen molar-refractivity contribution in [2.24, 2.45) is 11.8 Å². The largest absolute Gasteiger partial charge is 0.506 e. The van der Waals surface area contributed by atoms with Crippen molar-refractivity contribution < 1.29 is 5.11 Å². The standard InChI is InChI=1S/C17H28BrNO/c1-13(2)8-10-19(11-9-14(3)4)12-15-6-5-7-16(18)17(15)20/h5-7,13-14,20H,8-12H2,1-4H3. The lowest BCUT2D eigenvalue weighted by Gasteiger charge is -2.24. The lowest BCUT2D eigenvalue weighted by molar-refractivity contribution is 0.233. The van der Waals surface area contributed by atoms with Crippen LogP contribution in [0.15, 0.2) is 22.7 Å². The van der Waals surface area contributed by atoms with Crippen molar-refractivity contribution in [3.63, 3.8) is 0 Å². The van der Waals surface area contributed by atoms with E-state index in [9.17, 15) is 5.11 Å². The van der Waals surface area contributed by atoms with Gasteiger partial charge in [0.1, 0.15) is 5.75 Å². The third-order valence-electron chi connectivity index (χ3n) is 3.51. The molecule has 0 bridgehead atoms. The number of rotatable bonds is 8. The Hall–Kier alpha value is -0.540. The van der Waals surface area contributed by atoms with Gasteiger partial charge in [-0.2, -0.15) is 0 Å². The molecule has 20 heavy (non-hydrogen) atoms. The van der Waals surface area contributed by atoms with Crippen molar-refractivity contribution in [1.82, 2.24) is 4.90 Å². The van der Waals surface area contributed by atoms with Crippen molar-refractivity contribution in [3.05, 3.63) is 28.2 Å². The Morgan fingerprint density at radius 2 is 1.60 bits per heavy atom. The maximum atomic E-state index is 10.1. The van der Waals surface area contributed by atoms with Crippen molar-refractivity contribution in [2.45, 2.75) is 47.1 Å². The minimum atomic E-state index is 0.381. The molecule has 0 atom stereocenters. The van der Waals surface area contributed by atoms with E-state index in [0.29, 0.717) is 17.6 Å². The first-order valence-electron chi connectivity index (χ1n) is 7.58. The van der Waals surface area contributed by atoms with Crippen LogP contribution in [-0.2, 0) is 6.54 Å². The first-order chi connectivity index (χ1) is 9.40. The highest BCUT2D eigenvalue weighted by molar-refractivity contribution is 9.10. The summed E-state index contributed by atoms with van der Waals surface area (Å²) in [4.78, 5) is 2.46. The Morgan fingerprint density at radius 3 is 2.10 bits per heavy atom. The molecular formula is C17H28BrNO. The number of aromatic hydroxyl groups is 1. The van der Waals surface area contributed by atoms with Gasteiger partial charge in [0.05, 0.1) is 4.47 Å². The van der Waals surface area contributed by atoms with Crippen LogP contribution < -0.4 is 0 Å². The molecule has 114 valence electrons. The van der Waals surface area contributed by atoms with E-state index in [0.717, 1.165) is 29.7 Å². The van der Waals surface area contributed by atoms with Gasteiger partial charge in [0.2, 0.25) is 0 Å². The van der Waals surface area contributed by atoms with Crippen LogP contribution in [0.25, 0.3) is 0 Å². The number of para-hydroxylation sites is 1. The number of hydrogen-bond donors (Lipinski definition) is 1. The molecule has 1 aromatic rings. The van der Waals surface area contributed by atoms with E-state index < -0.39 is 0 Å². The molecule has 0 aliphatic heterocycles. The summed E-state index contributed by atoms with van der Waals surface area (Å²) in [6, 6.07) is 5.88. The summed E-state index contributed by atoms with van der Waals surface area (Å²) in [5.74, 6) is 1.81. The summed E-state index contributed by atoms with van der Waals surface area (Å²) in [6.07, 6.45) is 2.40. The monoisotopic (exact) mass is 341 g/mol. The number of phenolic OH excluding ortho intramolecular Hbond substituents is 1. The Labute approximate surface area is 132 Å². The fourth-order valence-corrected chi connectivity index (χ4v) is 2.49. The Bertz CT molecular complexity index is 392. The molecule has 1 N–H and O–H groups in total. The minimum Gasteiger partial charge on any atom is -0.506 e. The molecule has 0 aromatic heterocycles. The third kappa shape index (κ3) is 6.27. The summed E-state index contributed by atoms with van der Waals surface area (Å²) in [5.41, 5.74) is 1.01. The first kappa shape index (κ1) is 17.5. The molecule has 0 amide bonds. The fraction of sp³-hybridized carbons (Fsp3) is 0.647. The Morgan fingerprint density at radius 1 is 1.05 bits per heavy atom. The molecule has 0 aliphatic carbocycles. The van der Waals surface area contributed by atoms with Crippen LogP contribution in [0.1, 0.15) is 46.1 Å². The summed E-state index contributed by atoms with van der Waals surface area (Å²) in [6.45, 7) is 12.1. The smallest absolute Gasteiger partial charge is 0.134 e. The SMILES string of the molecule is CC(C)CCN(CCC(C)C)Cc1cccc(Br)c1O. The van der Waals surface area contributed by atoms with Gasteiger partial charge < -0.3 is 5.11 Å². The van der Waals surface area contributed by atoms with Gasteiger partial charge in [-0.15, -0.1) is 0 Å². The van der Waals surface area contributed by atoms with E-state index in [2.05, 4.69) is 48.5 Å². The fourth-order valence-electron chi connectivity index (χ4n) is 2.08. The zero-order valence-corrected chi connectivity index (χ0v) is 14.8. The van der Waals surface area contributed by atoms with Crippen LogP contribution >= 0.6 is 15.9 Å². The second-order valence-corrected chi connectivity index (χ2v) is 7.24. The number of phenols is 1. The Balaban J connectivity index is 2.69. The average Bonchev–Trinajstić information content (AvgIpc) is 2.37. The molecule has 0 spiro atoms. The first-order valence-corrected chi connectivity index (χ1v) is 8.38. The topological polar surface area (TPSA) is 23.5 Å². The number of nitrogens with zero attached hydrogens (tertiary/aromatic N) is 1. The van der Waals surface area contributed by atoms with Gasteiger partial charge in [0, 0.05) is 12.1 Å². The number of halogens is 1. The third-order valence-corrected chi connectivity index (χ3v) is 4.15. The van der Waals surface area contributed by atoms with Gasteiger partial charge in [0.15, 0.2) is 0 Å². The Kier molecular flexibility index (Phi) is 7.60. The number of hydrogen-bond acceptors (Lipinski definition) is 2. The molecule has 0 saturated carbocycles. The maximum absolute atomic E-state index is 10.1. The van der Waals surface area contributed by atoms with Crippen molar-refractivity contribution in [1.29, 1.82) is 0 Å². The predicted octanol–water partition coefficient (Wildman–Crippen LogP) is 5.05. The van der Waals surface area contributed by atoms with Crippen LogP contribution in [0, 0.1) is 11.8 Å². The molecule has 1 aromatic carbocycles. The lowest BCUT2D eigenvalue weighted by Crippen LogP contribution is -2.27. The second kappa shape index (κ2) is 8.68. The van der Waals surface area contributed by atoms with E-state index in [4.69, 9.17) is 0 Å². The number of benzene rings is 1. The van der Waals surface area contributed by atoms with Crippen molar-refractivity contribution in [3.8, 4) is 5.75 Å². The molecular weight excluding hydrogens is 314 g/mol. The van der Waals surface area contributed by atoms with Crippen LogP contribution in [-0.4, -0.2) is 23.1 Å². The molecule has 0 fully saturated rings. The average molecular weight is 342 g/mol.